The summed E-state index contributed by atoms with van der Waals surface area (Å²) in [6.07, 6.45) is -3.48. The molecule has 3 N–H and O–H groups in total. The van der Waals surface area contributed by atoms with E-state index in [0.29, 0.717) is 0 Å². The van der Waals surface area contributed by atoms with Gasteiger partial charge in [0.15, 0.2) is 5.82 Å². The van der Waals surface area contributed by atoms with Crippen LogP contribution >= 0.6 is 9.24 Å². The minimum Gasteiger partial charge on any atom is -0.394 e. The minimum absolute atomic E-state index is 0.0969. The topological polar surface area (TPSA) is 95.8 Å². The Balaban J connectivity index is 2.06. The van der Waals surface area contributed by atoms with E-state index in [1.54, 1.807) is 13.8 Å². The van der Waals surface area contributed by atoms with Crippen LogP contribution in [0, 0.1) is 0 Å². The summed E-state index contributed by atoms with van der Waals surface area (Å²) in [6.45, 7) is 3.09. The molecular weight excluding hydrogens is 466 g/mol. The summed E-state index contributed by atoms with van der Waals surface area (Å²) in [6, 6.07) is 7.27. The lowest BCUT2D eigenvalue weighted by Crippen LogP contribution is -2.35. The molecule has 0 spiro atoms. The Morgan fingerprint density at radius 2 is 1.64 bits per heavy atom. The van der Waals surface area contributed by atoms with E-state index in [2.05, 4.69) is 30.6 Å². The Hall–Kier alpha value is -2.98. The molecule has 33 heavy (non-hydrogen) atoms. The molecule has 1 atom stereocenters. The third kappa shape index (κ3) is 6.52. The summed E-state index contributed by atoms with van der Waals surface area (Å²) in [4.78, 5) is 15.6. The lowest BCUT2D eigenvalue weighted by molar-refractivity contribution is -0.141. The van der Waals surface area contributed by atoms with Gasteiger partial charge in [-0.05, 0) is 38.1 Å². The summed E-state index contributed by atoms with van der Waals surface area (Å²) in [7, 11) is 1.39. The van der Waals surface area contributed by atoms with Gasteiger partial charge in [0, 0.05) is 18.0 Å². The van der Waals surface area contributed by atoms with Crippen molar-refractivity contribution < 1.29 is 27.1 Å². The molecule has 0 saturated heterocycles. The molecule has 0 bridgehead atoms. The van der Waals surface area contributed by atoms with Crippen molar-refractivity contribution in [2.24, 2.45) is 0 Å². The van der Waals surface area contributed by atoms with Crippen molar-refractivity contribution in [3.63, 3.8) is 0 Å². The molecule has 1 unspecified atom stereocenters. The number of hydrogen-bond donors (Lipinski definition) is 3. The van der Waals surface area contributed by atoms with Crippen molar-refractivity contribution in [1.29, 1.82) is 0 Å². The minimum atomic E-state index is -4.66. The summed E-state index contributed by atoms with van der Waals surface area (Å²) in [5, 5.41) is 15.3. The second-order valence-electron chi connectivity index (χ2n) is 7.71. The van der Waals surface area contributed by atoms with Gasteiger partial charge in [-0.25, -0.2) is 15.0 Å². The Labute approximate surface area is 188 Å². The van der Waals surface area contributed by atoms with Crippen LogP contribution in [0.25, 0.3) is 11.5 Å². The van der Waals surface area contributed by atoms with E-state index >= 15 is 0 Å². The number of aromatic nitrogens is 4. The number of anilines is 3. The van der Waals surface area contributed by atoms with Crippen LogP contribution in [0.15, 0.2) is 42.6 Å². The van der Waals surface area contributed by atoms with Gasteiger partial charge < -0.3 is 15.7 Å². The van der Waals surface area contributed by atoms with Gasteiger partial charge in [-0.3, -0.25) is 4.98 Å². The van der Waals surface area contributed by atoms with E-state index in [9.17, 15) is 27.1 Å². The predicted molar refractivity (Wildman–Crippen MR) is 116 cm³/mol. The monoisotopic (exact) mass is 486 g/mol. The molecule has 0 aliphatic heterocycles. The van der Waals surface area contributed by atoms with Crippen molar-refractivity contribution >= 4 is 26.6 Å². The number of rotatable bonds is 7. The first-order valence-electron chi connectivity index (χ1n) is 9.50. The molecule has 3 aromatic heterocycles. The van der Waals surface area contributed by atoms with Gasteiger partial charge in [0.05, 0.1) is 12.1 Å². The van der Waals surface area contributed by atoms with Crippen LogP contribution in [0.2, 0.25) is 0 Å². The van der Waals surface area contributed by atoms with Gasteiger partial charge in [-0.15, -0.1) is 0 Å². The standard InChI is InChI=1S/C20H20F5N6OP/c1-18(2,10-32)31-16-9-15(27-11-6-7-26-14(8-11)20(24,25)33)29-17(30-16)12-4-3-5-13(28-12)19(21,22)23/h3-9,32H,10,33H2,1-2H3,(H2,26,27,29,30,31). The average molecular weight is 486 g/mol. The summed E-state index contributed by atoms with van der Waals surface area (Å²) in [5.41, 5.74) is -5.63. The quantitative estimate of drug-likeness (QED) is 0.326. The van der Waals surface area contributed by atoms with E-state index in [4.69, 9.17) is 0 Å². The molecule has 0 saturated carbocycles. The zero-order valence-corrected chi connectivity index (χ0v) is 18.6. The van der Waals surface area contributed by atoms with Crippen molar-refractivity contribution in [3.05, 3.63) is 54.0 Å². The zero-order valence-electron chi connectivity index (χ0n) is 17.5. The fourth-order valence-electron chi connectivity index (χ4n) is 2.63. The van der Waals surface area contributed by atoms with Crippen LogP contribution in [-0.2, 0) is 11.8 Å². The molecule has 0 aliphatic rings. The first-order valence-corrected chi connectivity index (χ1v) is 10.1. The van der Waals surface area contributed by atoms with Gasteiger partial charge in [-0.1, -0.05) is 15.3 Å². The zero-order chi connectivity index (χ0) is 24.4. The van der Waals surface area contributed by atoms with Crippen LogP contribution in [0.1, 0.15) is 25.2 Å². The van der Waals surface area contributed by atoms with Crippen molar-refractivity contribution in [1.82, 2.24) is 19.9 Å². The third-order valence-corrected chi connectivity index (χ3v) is 4.53. The van der Waals surface area contributed by atoms with Crippen molar-refractivity contribution in [3.8, 4) is 11.5 Å². The van der Waals surface area contributed by atoms with Gasteiger partial charge in [0.1, 0.15) is 28.7 Å². The van der Waals surface area contributed by atoms with E-state index in [1.165, 1.54) is 39.7 Å². The van der Waals surface area contributed by atoms with Crippen LogP contribution in [0.4, 0.5) is 39.3 Å². The molecule has 3 aromatic rings. The predicted octanol–water partition coefficient (Wildman–Crippen LogP) is 4.80. The lowest BCUT2D eigenvalue weighted by Gasteiger charge is -2.24. The molecule has 0 radical (unpaired) electrons. The Bertz CT molecular complexity index is 1140. The fraction of sp³-hybridized carbons (Fsp3) is 0.300. The smallest absolute Gasteiger partial charge is 0.394 e. The fourth-order valence-corrected chi connectivity index (χ4v) is 2.79. The number of hydrogen-bond acceptors (Lipinski definition) is 7. The number of aliphatic hydroxyl groups excluding tert-OH is 1. The maximum absolute atomic E-state index is 13.6. The number of pyridine rings is 2. The second-order valence-corrected chi connectivity index (χ2v) is 8.44. The van der Waals surface area contributed by atoms with E-state index < -0.39 is 28.8 Å². The molecule has 3 rings (SSSR count). The highest BCUT2D eigenvalue weighted by Crippen LogP contribution is 2.35. The maximum atomic E-state index is 13.6. The molecule has 3 heterocycles. The number of nitrogens with zero attached hydrogens (tertiary/aromatic N) is 4. The van der Waals surface area contributed by atoms with Gasteiger partial charge in [0.25, 0.3) is 5.66 Å². The maximum Gasteiger partial charge on any atom is 0.433 e. The summed E-state index contributed by atoms with van der Waals surface area (Å²) < 4.78 is 66.5. The highest BCUT2D eigenvalue weighted by molar-refractivity contribution is 7.17. The Morgan fingerprint density at radius 3 is 2.27 bits per heavy atom. The van der Waals surface area contributed by atoms with Crippen LogP contribution in [0.5, 0.6) is 0 Å². The number of halogens is 5. The molecule has 0 aliphatic carbocycles. The Morgan fingerprint density at radius 1 is 0.939 bits per heavy atom. The molecule has 0 fully saturated rings. The molecule has 7 nitrogen and oxygen atoms in total. The van der Waals surface area contributed by atoms with Crippen molar-refractivity contribution in [2.45, 2.75) is 31.2 Å². The Kier molecular flexibility index (Phi) is 6.80. The largest absolute Gasteiger partial charge is 0.433 e. The number of alkyl halides is 5. The summed E-state index contributed by atoms with van der Waals surface area (Å²) >= 11 is 0. The number of nitrogens with one attached hydrogen (secondary N) is 2. The third-order valence-electron chi connectivity index (χ3n) is 4.23. The van der Waals surface area contributed by atoms with Crippen LogP contribution in [0.3, 0.4) is 0 Å². The highest BCUT2D eigenvalue weighted by atomic mass is 31.0. The molecule has 0 aromatic carbocycles. The molecule has 13 heteroatoms. The highest BCUT2D eigenvalue weighted by Gasteiger charge is 2.33. The van der Waals surface area contributed by atoms with Crippen molar-refractivity contribution in [2.75, 3.05) is 17.2 Å². The summed E-state index contributed by atoms with van der Waals surface area (Å²) in [5.74, 6) is 0.124. The van der Waals surface area contributed by atoms with Gasteiger partial charge in [-0.2, -0.15) is 22.0 Å². The number of aliphatic hydroxyl groups is 1. The van der Waals surface area contributed by atoms with Crippen LogP contribution in [-0.4, -0.2) is 37.2 Å². The molecule has 176 valence electrons. The van der Waals surface area contributed by atoms with Crippen LogP contribution < -0.4 is 10.6 Å². The van der Waals surface area contributed by atoms with E-state index in [0.717, 1.165) is 12.1 Å². The lowest BCUT2D eigenvalue weighted by atomic mass is 10.1. The average Bonchev–Trinajstić information content (AvgIpc) is 2.72. The normalized spacial score (nSPS) is 12.5. The molecule has 0 amide bonds. The van der Waals surface area contributed by atoms with E-state index in [-0.39, 0.29) is 35.4 Å². The first kappa shape index (κ1) is 24.7. The van der Waals surface area contributed by atoms with E-state index in [1.807, 2.05) is 0 Å². The van der Waals surface area contributed by atoms with Gasteiger partial charge >= 0.3 is 6.18 Å². The first-order chi connectivity index (χ1) is 15.3. The second kappa shape index (κ2) is 9.11. The molecular formula is C20H20F5N6OP. The van der Waals surface area contributed by atoms with Gasteiger partial charge in [0.2, 0.25) is 0 Å². The SMILES string of the molecule is CC(C)(CO)Nc1cc(Nc2ccnc(C(F)(F)P)c2)nc(-c2cccc(C(F)(F)F)n2)n1.